The molecule has 28 heavy (non-hydrogen) atoms. The standard InChI is InChI=1S/C24H25N3O/c1-3-17-13-14-19(18(4-2)15-17)21(20-9-5-8-12-24(20)28)16-27-25-22-10-6-7-11-23(22)26-27/h5-15,21,28H,3-4,16H2,1-2H3. The van der Waals surface area contributed by atoms with E-state index in [-0.39, 0.29) is 5.92 Å². The van der Waals surface area contributed by atoms with E-state index in [0.29, 0.717) is 12.3 Å². The van der Waals surface area contributed by atoms with Crippen LogP contribution >= 0.6 is 0 Å². The summed E-state index contributed by atoms with van der Waals surface area (Å²) in [6, 6.07) is 22.2. The molecule has 0 spiro atoms. The predicted molar refractivity (Wildman–Crippen MR) is 113 cm³/mol. The number of hydrogen-bond donors (Lipinski definition) is 1. The maximum atomic E-state index is 10.6. The Morgan fingerprint density at radius 3 is 2.14 bits per heavy atom. The number of aromatic hydroxyl groups is 1. The van der Waals surface area contributed by atoms with Gasteiger partial charge in [0.2, 0.25) is 0 Å². The zero-order chi connectivity index (χ0) is 19.5. The number of benzene rings is 3. The highest BCUT2D eigenvalue weighted by Gasteiger charge is 2.22. The lowest BCUT2D eigenvalue weighted by molar-refractivity contribution is 0.448. The number of phenolic OH excluding ortho intramolecular Hbond substituents is 1. The smallest absolute Gasteiger partial charge is 0.119 e. The van der Waals surface area contributed by atoms with Crippen LogP contribution in [0.4, 0.5) is 0 Å². The van der Waals surface area contributed by atoms with Crippen molar-refractivity contribution in [3.05, 3.63) is 89.0 Å². The minimum Gasteiger partial charge on any atom is -0.508 e. The van der Waals surface area contributed by atoms with Crippen molar-refractivity contribution in [3.8, 4) is 5.75 Å². The third-order valence-electron chi connectivity index (χ3n) is 5.36. The van der Waals surface area contributed by atoms with Crippen LogP contribution in [0.1, 0.15) is 42.0 Å². The molecule has 3 aromatic carbocycles. The topological polar surface area (TPSA) is 50.9 Å². The molecule has 4 aromatic rings. The maximum Gasteiger partial charge on any atom is 0.119 e. The van der Waals surface area contributed by atoms with Gasteiger partial charge in [0.25, 0.3) is 0 Å². The molecule has 0 saturated carbocycles. The van der Waals surface area contributed by atoms with Gasteiger partial charge < -0.3 is 5.11 Å². The first kappa shape index (κ1) is 18.2. The first-order valence-corrected chi connectivity index (χ1v) is 9.89. The van der Waals surface area contributed by atoms with E-state index in [1.165, 1.54) is 16.7 Å². The number of nitrogens with zero attached hydrogens (tertiary/aromatic N) is 3. The van der Waals surface area contributed by atoms with Crippen LogP contribution in [0.15, 0.2) is 66.7 Å². The van der Waals surface area contributed by atoms with Crippen LogP contribution < -0.4 is 0 Å². The average molecular weight is 371 g/mol. The molecule has 0 saturated heterocycles. The monoisotopic (exact) mass is 371 g/mol. The zero-order valence-corrected chi connectivity index (χ0v) is 16.3. The number of rotatable bonds is 6. The molecule has 142 valence electrons. The molecule has 0 radical (unpaired) electrons. The highest BCUT2D eigenvalue weighted by molar-refractivity contribution is 5.73. The fourth-order valence-corrected chi connectivity index (χ4v) is 3.82. The number of aryl methyl sites for hydroxylation is 2. The SMILES string of the molecule is CCc1ccc(C(Cn2nc3ccccc3n2)c2ccccc2O)c(CC)c1. The summed E-state index contributed by atoms with van der Waals surface area (Å²) in [5, 5.41) is 19.9. The van der Waals surface area contributed by atoms with Gasteiger partial charge in [0.1, 0.15) is 16.8 Å². The zero-order valence-electron chi connectivity index (χ0n) is 16.3. The van der Waals surface area contributed by atoms with E-state index in [4.69, 9.17) is 0 Å². The summed E-state index contributed by atoms with van der Waals surface area (Å²) in [7, 11) is 0. The largest absolute Gasteiger partial charge is 0.508 e. The maximum absolute atomic E-state index is 10.6. The Balaban J connectivity index is 1.82. The number of fused-ring (bicyclic) bond motifs is 1. The number of aromatic nitrogens is 3. The van der Waals surface area contributed by atoms with E-state index in [1.807, 2.05) is 42.5 Å². The van der Waals surface area contributed by atoms with Gasteiger partial charge in [0.15, 0.2) is 0 Å². The Hall–Kier alpha value is -3.14. The number of phenols is 1. The molecule has 1 atom stereocenters. The van der Waals surface area contributed by atoms with Crippen molar-refractivity contribution in [1.29, 1.82) is 0 Å². The molecule has 1 aromatic heterocycles. The highest BCUT2D eigenvalue weighted by atomic mass is 16.3. The summed E-state index contributed by atoms with van der Waals surface area (Å²) in [5.41, 5.74) is 6.54. The van der Waals surface area contributed by atoms with Crippen LogP contribution in [0.2, 0.25) is 0 Å². The van der Waals surface area contributed by atoms with E-state index in [0.717, 1.165) is 29.4 Å². The second-order valence-electron chi connectivity index (χ2n) is 7.10. The fourth-order valence-electron chi connectivity index (χ4n) is 3.82. The molecular weight excluding hydrogens is 346 g/mol. The quantitative estimate of drug-likeness (QED) is 0.513. The highest BCUT2D eigenvalue weighted by Crippen LogP contribution is 2.35. The summed E-state index contributed by atoms with van der Waals surface area (Å²) in [6.07, 6.45) is 1.96. The van der Waals surface area contributed by atoms with Gasteiger partial charge in [-0.3, -0.25) is 0 Å². The normalized spacial score (nSPS) is 12.4. The van der Waals surface area contributed by atoms with Gasteiger partial charge in [-0.15, -0.1) is 0 Å². The van der Waals surface area contributed by atoms with Crippen molar-refractivity contribution in [3.63, 3.8) is 0 Å². The second-order valence-corrected chi connectivity index (χ2v) is 7.10. The first-order chi connectivity index (χ1) is 13.7. The number of para-hydroxylation sites is 1. The van der Waals surface area contributed by atoms with Crippen molar-refractivity contribution < 1.29 is 5.11 Å². The molecule has 1 unspecified atom stereocenters. The van der Waals surface area contributed by atoms with E-state index < -0.39 is 0 Å². The molecule has 4 heteroatoms. The fraction of sp³-hybridized carbons (Fsp3) is 0.250. The lowest BCUT2D eigenvalue weighted by atomic mass is 9.85. The second kappa shape index (κ2) is 7.85. The summed E-state index contributed by atoms with van der Waals surface area (Å²) >= 11 is 0. The van der Waals surface area contributed by atoms with Gasteiger partial charge in [0.05, 0.1) is 6.54 Å². The molecule has 0 aliphatic heterocycles. The molecular formula is C24H25N3O. The Labute approximate surface area is 165 Å². The van der Waals surface area contributed by atoms with E-state index in [1.54, 1.807) is 10.9 Å². The van der Waals surface area contributed by atoms with Crippen molar-refractivity contribution >= 4 is 11.0 Å². The minimum absolute atomic E-state index is 0.0242. The summed E-state index contributed by atoms with van der Waals surface area (Å²) in [5.74, 6) is 0.287. The molecule has 1 heterocycles. The third kappa shape index (κ3) is 3.50. The van der Waals surface area contributed by atoms with Crippen molar-refractivity contribution in [2.24, 2.45) is 0 Å². The first-order valence-electron chi connectivity index (χ1n) is 9.89. The lowest BCUT2D eigenvalue weighted by Crippen LogP contribution is -2.15. The van der Waals surface area contributed by atoms with E-state index >= 15 is 0 Å². The van der Waals surface area contributed by atoms with Gasteiger partial charge >= 0.3 is 0 Å². The van der Waals surface area contributed by atoms with Crippen molar-refractivity contribution in [1.82, 2.24) is 15.0 Å². The Kier molecular flexibility index (Phi) is 5.11. The summed E-state index contributed by atoms with van der Waals surface area (Å²) in [6.45, 7) is 4.93. The summed E-state index contributed by atoms with van der Waals surface area (Å²) in [4.78, 5) is 1.76. The predicted octanol–water partition coefficient (Wildman–Crippen LogP) is 5.09. The summed E-state index contributed by atoms with van der Waals surface area (Å²) < 4.78 is 0. The van der Waals surface area contributed by atoms with E-state index in [2.05, 4.69) is 42.2 Å². The molecule has 4 nitrogen and oxygen atoms in total. The molecule has 0 aliphatic carbocycles. The van der Waals surface area contributed by atoms with Crippen LogP contribution in [0.3, 0.4) is 0 Å². The third-order valence-corrected chi connectivity index (χ3v) is 5.36. The van der Waals surface area contributed by atoms with Crippen LogP contribution in [0.25, 0.3) is 11.0 Å². The van der Waals surface area contributed by atoms with Gasteiger partial charge in [0, 0.05) is 11.5 Å². The van der Waals surface area contributed by atoms with Gasteiger partial charge in [-0.1, -0.05) is 62.4 Å². The van der Waals surface area contributed by atoms with Crippen molar-refractivity contribution in [2.45, 2.75) is 39.2 Å². The van der Waals surface area contributed by atoms with Gasteiger partial charge in [-0.05, 0) is 47.7 Å². The van der Waals surface area contributed by atoms with Gasteiger partial charge in [-0.25, -0.2) is 0 Å². The minimum atomic E-state index is -0.0242. The Morgan fingerprint density at radius 1 is 0.821 bits per heavy atom. The molecule has 0 fully saturated rings. The average Bonchev–Trinajstić information content (AvgIpc) is 3.15. The van der Waals surface area contributed by atoms with Crippen LogP contribution in [-0.4, -0.2) is 20.1 Å². The van der Waals surface area contributed by atoms with Crippen LogP contribution in [0.5, 0.6) is 5.75 Å². The van der Waals surface area contributed by atoms with Crippen LogP contribution in [-0.2, 0) is 19.4 Å². The molecule has 4 rings (SSSR count). The van der Waals surface area contributed by atoms with E-state index in [9.17, 15) is 5.11 Å². The lowest BCUT2D eigenvalue weighted by Gasteiger charge is -2.22. The van der Waals surface area contributed by atoms with Gasteiger partial charge in [-0.2, -0.15) is 15.0 Å². The Morgan fingerprint density at radius 2 is 1.50 bits per heavy atom. The molecule has 0 amide bonds. The van der Waals surface area contributed by atoms with Crippen molar-refractivity contribution in [2.75, 3.05) is 0 Å². The molecule has 0 aliphatic rings. The van der Waals surface area contributed by atoms with Crippen LogP contribution in [0, 0.1) is 0 Å². The molecule has 1 N–H and O–H groups in total. The Bertz CT molecular complexity index is 1070. The molecule has 0 bridgehead atoms. The number of hydrogen-bond acceptors (Lipinski definition) is 3.